The molecule has 26 heavy (non-hydrogen) atoms. The number of nitrogens with zero attached hydrogens (tertiary/aromatic N) is 2. The molecular formula is C20H12Br2N2O2. The molecule has 0 unspecified atom stereocenters. The van der Waals surface area contributed by atoms with Gasteiger partial charge < -0.3 is 9.52 Å². The summed E-state index contributed by atoms with van der Waals surface area (Å²) in [6, 6.07) is 18.5. The quantitative estimate of drug-likeness (QED) is 0.348. The number of aromatic hydroxyl groups is 1. The lowest BCUT2D eigenvalue weighted by Gasteiger charge is -1.99. The number of hydrogen-bond acceptors (Lipinski definition) is 4. The number of benzene rings is 3. The fraction of sp³-hybridized carbons (Fsp3) is 0. The van der Waals surface area contributed by atoms with Crippen molar-refractivity contribution in [2.24, 2.45) is 4.99 Å². The van der Waals surface area contributed by atoms with Crippen LogP contribution in [0.2, 0.25) is 0 Å². The molecule has 0 fully saturated rings. The summed E-state index contributed by atoms with van der Waals surface area (Å²) in [6.45, 7) is 0. The van der Waals surface area contributed by atoms with Crippen LogP contribution in [0.25, 0.3) is 22.6 Å². The minimum absolute atomic E-state index is 0.177. The molecule has 0 spiro atoms. The number of phenols is 1. The molecule has 1 N–H and O–H groups in total. The van der Waals surface area contributed by atoms with E-state index in [1.807, 2.05) is 42.5 Å². The highest BCUT2D eigenvalue weighted by atomic mass is 79.9. The molecule has 0 aliphatic heterocycles. The SMILES string of the molecule is Oc1ccc(Br)cc1C=Nc1ccc2oc(-c3ccccc3Br)nc2c1. The van der Waals surface area contributed by atoms with E-state index in [-0.39, 0.29) is 5.75 Å². The number of aliphatic imine (C=N–C) groups is 1. The molecule has 128 valence electrons. The average molecular weight is 472 g/mol. The fourth-order valence-electron chi connectivity index (χ4n) is 2.52. The second kappa shape index (κ2) is 7.05. The van der Waals surface area contributed by atoms with Gasteiger partial charge in [0.25, 0.3) is 0 Å². The number of aromatic nitrogens is 1. The summed E-state index contributed by atoms with van der Waals surface area (Å²) in [7, 11) is 0. The van der Waals surface area contributed by atoms with Crippen LogP contribution in [0.4, 0.5) is 5.69 Å². The summed E-state index contributed by atoms with van der Waals surface area (Å²) >= 11 is 6.90. The molecule has 0 aliphatic carbocycles. The van der Waals surface area contributed by atoms with E-state index >= 15 is 0 Å². The van der Waals surface area contributed by atoms with E-state index in [1.54, 1.807) is 24.4 Å². The van der Waals surface area contributed by atoms with Crippen LogP contribution in [0.5, 0.6) is 5.75 Å². The van der Waals surface area contributed by atoms with Crippen LogP contribution >= 0.6 is 31.9 Å². The first-order valence-electron chi connectivity index (χ1n) is 7.78. The molecule has 1 aromatic heterocycles. The largest absolute Gasteiger partial charge is 0.507 e. The normalized spacial score (nSPS) is 11.5. The summed E-state index contributed by atoms with van der Waals surface area (Å²) < 4.78 is 7.65. The Morgan fingerprint density at radius 2 is 1.85 bits per heavy atom. The van der Waals surface area contributed by atoms with Gasteiger partial charge >= 0.3 is 0 Å². The van der Waals surface area contributed by atoms with Crippen molar-refractivity contribution in [1.29, 1.82) is 0 Å². The third-order valence-corrected chi connectivity index (χ3v) is 5.00. The Morgan fingerprint density at radius 1 is 1.00 bits per heavy atom. The second-order valence-corrected chi connectivity index (χ2v) is 7.38. The highest BCUT2D eigenvalue weighted by molar-refractivity contribution is 9.10. The highest BCUT2D eigenvalue weighted by Gasteiger charge is 2.11. The lowest BCUT2D eigenvalue weighted by molar-refractivity contribution is 0.474. The Kier molecular flexibility index (Phi) is 4.61. The predicted molar refractivity (Wildman–Crippen MR) is 110 cm³/mol. The zero-order valence-corrected chi connectivity index (χ0v) is 16.5. The molecule has 0 atom stereocenters. The molecule has 0 bridgehead atoms. The van der Waals surface area contributed by atoms with E-state index in [4.69, 9.17) is 4.42 Å². The topological polar surface area (TPSA) is 58.6 Å². The van der Waals surface area contributed by atoms with Crippen LogP contribution in [0, 0.1) is 0 Å². The highest BCUT2D eigenvalue weighted by Crippen LogP contribution is 2.31. The Balaban J connectivity index is 1.69. The van der Waals surface area contributed by atoms with E-state index in [1.165, 1.54) is 0 Å². The van der Waals surface area contributed by atoms with Gasteiger partial charge in [-0.3, -0.25) is 4.99 Å². The Bertz CT molecular complexity index is 1140. The minimum Gasteiger partial charge on any atom is -0.507 e. The van der Waals surface area contributed by atoms with Crippen molar-refractivity contribution in [3.8, 4) is 17.2 Å². The van der Waals surface area contributed by atoms with Gasteiger partial charge in [-0.1, -0.05) is 28.1 Å². The lowest BCUT2D eigenvalue weighted by atomic mass is 10.2. The molecule has 6 heteroatoms. The van der Waals surface area contributed by atoms with Crippen molar-refractivity contribution in [2.45, 2.75) is 0 Å². The van der Waals surface area contributed by atoms with Crippen LogP contribution in [0.15, 0.2) is 79.0 Å². The van der Waals surface area contributed by atoms with Crippen LogP contribution in [0.1, 0.15) is 5.56 Å². The third kappa shape index (κ3) is 3.43. The molecule has 3 aromatic carbocycles. The molecule has 4 aromatic rings. The summed E-state index contributed by atoms with van der Waals surface area (Å²) in [5, 5.41) is 9.90. The fourth-order valence-corrected chi connectivity index (χ4v) is 3.35. The minimum atomic E-state index is 0.177. The van der Waals surface area contributed by atoms with Gasteiger partial charge in [0.1, 0.15) is 11.3 Å². The van der Waals surface area contributed by atoms with Crippen LogP contribution in [-0.4, -0.2) is 16.3 Å². The summed E-state index contributed by atoms with van der Waals surface area (Å²) in [5.41, 5.74) is 3.68. The first kappa shape index (κ1) is 17.0. The summed E-state index contributed by atoms with van der Waals surface area (Å²) in [4.78, 5) is 9.00. The van der Waals surface area contributed by atoms with Crippen LogP contribution in [0.3, 0.4) is 0 Å². The van der Waals surface area contributed by atoms with Gasteiger partial charge in [0.2, 0.25) is 5.89 Å². The number of hydrogen-bond donors (Lipinski definition) is 1. The van der Waals surface area contributed by atoms with Crippen LogP contribution in [-0.2, 0) is 0 Å². The van der Waals surface area contributed by atoms with E-state index in [0.717, 1.165) is 25.7 Å². The molecule has 0 aliphatic rings. The molecule has 4 rings (SSSR count). The molecular weight excluding hydrogens is 460 g/mol. The summed E-state index contributed by atoms with van der Waals surface area (Å²) in [5.74, 6) is 0.730. The smallest absolute Gasteiger partial charge is 0.228 e. The second-order valence-electron chi connectivity index (χ2n) is 5.61. The molecule has 0 saturated heterocycles. The van der Waals surface area contributed by atoms with Crippen molar-refractivity contribution < 1.29 is 9.52 Å². The number of phenolic OH excluding ortho intramolecular Hbond substituents is 1. The van der Waals surface area contributed by atoms with Crippen molar-refractivity contribution in [3.63, 3.8) is 0 Å². The maximum absolute atomic E-state index is 9.90. The molecule has 0 radical (unpaired) electrons. The van der Waals surface area contributed by atoms with Crippen molar-refractivity contribution in [2.75, 3.05) is 0 Å². The monoisotopic (exact) mass is 470 g/mol. The average Bonchev–Trinajstić information content (AvgIpc) is 3.06. The Morgan fingerprint density at radius 3 is 2.69 bits per heavy atom. The van der Waals surface area contributed by atoms with Gasteiger partial charge in [0.05, 0.1) is 11.3 Å². The van der Waals surface area contributed by atoms with E-state index in [2.05, 4.69) is 41.8 Å². The van der Waals surface area contributed by atoms with E-state index < -0.39 is 0 Å². The van der Waals surface area contributed by atoms with Crippen molar-refractivity contribution in [3.05, 3.63) is 75.2 Å². The standard InChI is InChI=1S/C20H12Br2N2O2/c21-13-5-7-18(25)12(9-13)11-23-14-6-8-19-17(10-14)24-20(26-19)15-3-1-2-4-16(15)22/h1-11,25H. The van der Waals surface area contributed by atoms with Crippen LogP contribution < -0.4 is 0 Å². The number of fused-ring (bicyclic) bond motifs is 1. The zero-order valence-electron chi connectivity index (χ0n) is 13.4. The van der Waals surface area contributed by atoms with Gasteiger partial charge in [-0.05, 0) is 64.5 Å². The maximum Gasteiger partial charge on any atom is 0.228 e. The zero-order chi connectivity index (χ0) is 18.1. The van der Waals surface area contributed by atoms with Crippen molar-refractivity contribution in [1.82, 2.24) is 4.98 Å². The number of oxazole rings is 1. The van der Waals surface area contributed by atoms with Gasteiger partial charge in [0.15, 0.2) is 5.58 Å². The molecule has 0 saturated carbocycles. The molecule has 1 heterocycles. The van der Waals surface area contributed by atoms with E-state index in [9.17, 15) is 5.11 Å². The predicted octanol–water partition coefficient (Wildman–Crippen LogP) is 6.48. The van der Waals surface area contributed by atoms with Gasteiger partial charge in [0, 0.05) is 20.7 Å². The summed E-state index contributed by atoms with van der Waals surface area (Å²) in [6.07, 6.45) is 1.62. The van der Waals surface area contributed by atoms with Crippen molar-refractivity contribution >= 4 is 54.9 Å². The Hall–Kier alpha value is -2.44. The maximum atomic E-state index is 9.90. The number of rotatable bonds is 3. The lowest BCUT2D eigenvalue weighted by Crippen LogP contribution is -1.82. The first-order chi connectivity index (χ1) is 12.6. The molecule has 0 amide bonds. The Labute approximate surface area is 166 Å². The molecule has 4 nitrogen and oxygen atoms in total. The van der Waals surface area contributed by atoms with E-state index in [0.29, 0.717) is 17.0 Å². The number of halogens is 2. The van der Waals surface area contributed by atoms with Gasteiger partial charge in [-0.15, -0.1) is 0 Å². The third-order valence-electron chi connectivity index (χ3n) is 3.82. The van der Waals surface area contributed by atoms with Gasteiger partial charge in [-0.2, -0.15) is 0 Å². The first-order valence-corrected chi connectivity index (χ1v) is 9.37. The van der Waals surface area contributed by atoms with Gasteiger partial charge in [-0.25, -0.2) is 4.98 Å².